The lowest BCUT2D eigenvalue weighted by molar-refractivity contribution is -0.887. The van der Waals surface area contributed by atoms with Crippen molar-refractivity contribution in [3.63, 3.8) is 0 Å². The molecule has 0 radical (unpaired) electrons. The summed E-state index contributed by atoms with van der Waals surface area (Å²) in [4.78, 5) is 37.1. The first-order valence-corrected chi connectivity index (χ1v) is 24.0. The van der Waals surface area contributed by atoms with Gasteiger partial charge in [-0.3, -0.25) is 9.59 Å². The molecule has 0 aromatic rings. The van der Waals surface area contributed by atoms with E-state index in [2.05, 4.69) is 123 Å². The summed E-state index contributed by atoms with van der Waals surface area (Å²) < 4.78 is 17.2. The average molecular weight is 863 g/mol. The van der Waals surface area contributed by atoms with Crippen LogP contribution in [0.3, 0.4) is 0 Å². The molecule has 0 amide bonds. The maximum atomic E-state index is 12.7. The first kappa shape index (κ1) is 58.0. The highest BCUT2D eigenvalue weighted by Gasteiger charge is 2.31. The standard InChI is InChI=1S/C54H87NO7/c1-6-8-10-12-14-16-18-20-22-24-26-27-29-31-33-35-37-39-41-43-45-53(57)62-50(48-60-47-46-51(54(58)59)55(3,4)5)49-61-52(56)44-42-40-38-36-34-32-30-28-25-23-21-19-17-15-13-11-9-7-2/h8,10,14,16,19-23,25-28,30-31,33,37,39,50-51H,6-7,9,11-13,15,17-18,24,29,32,34-36,38,40-49H2,1-5H3/p+1/b10-8+,16-14+,21-19+,22-20+,25-23+,27-26+,30-28+,33-31+,39-37+. The van der Waals surface area contributed by atoms with Crippen LogP contribution in [0, 0.1) is 0 Å². The fraction of sp³-hybridized carbons (Fsp3) is 0.611. The van der Waals surface area contributed by atoms with Gasteiger partial charge < -0.3 is 23.8 Å². The summed E-state index contributed by atoms with van der Waals surface area (Å²) in [6.07, 6.45) is 60.0. The van der Waals surface area contributed by atoms with E-state index >= 15 is 0 Å². The predicted octanol–water partition coefficient (Wildman–Crippen LogP) is 13.6. The van der Waals surface area contributed by atoms with Gasteiger partial charge >= 0.3 is 17.9 Å². The van der Waals surface area contributed by atoms with Gasteiger partial charge in [0.15, 0.2) is 12.1 Å². The van der Waals surface area contributed by atoms with Gasteiger partial charge in [-0.1, -0.05) is 168 Å². The third-order valence-electron chi connectivity index (χ3n) is 9.97. The molecular formula is C54H88NO7+. The number of hydrogen-bond donors (Lipinski definition) is 1. The van der Waals surface area contributed by atoms with Gasteiger partial charge in [-0.05, 0) is 83.5 Å². The molecular weight excluding hydrogens is 775 g/mol. The average Bonchev–Trinajstić information content (AvgIpc) is 3.23. The number of rotatable bonds is 41. The fourth-order valence-corrected chi connectivity index (χ4v) is 6.28. The molecule has 2 atom stereocenters. The number of aliphatic carboxylic acids is 1. The van der Waals surface area contributed by atoms with E-state index in [0.717, 1.165) is 89.9 Å². The summed E-state index contributed by atoms with van der Waals surface area (Å²) in [6, 6.07) is -0.636. The SMILES string of the molecule is CC/C=C/C/C=C/C/C=C/C/C=C/C/C=C/C/C=C/CCCC(=O)OC(COCCC(C(=O)O)[N+](C)(C)C)COC(=O)CCCCCCC/C=C/C=C/C=C/CCCCCCC. The zero-order valence-corrected chi connectivity index (χ0v) is 39.8. The van der Waals surface area contributed by atoms with Crippen LogP contribution in [0.1, 0.15) is 162 Å². The summed E-state index contributed by atoms with van der Waals surface area (Å²) in [5.41, 5.74) is 0. The molecule has 0 saturated carbocycles. The van der Waals surface area contributed by atoms with Crippen molar-refractivity contribution in [2.45, 2.75) is 174 Å². The number of allylic oxidation sites excluding steroid dienone is 18. The number of carboxylic acid groups (broad SMARTS) is 1. The lowest BCUT2D eigenvalue weighted by Crippen LogP contribution is -2.50. The van der Waals surface area contributed by atoms with E-state index in [9.17, 15) is 19.5 Å². The maximum absolute atomic E-state index is 12.7. The molecule has 0 aliphatic rings. The van der Waals surface area contributed by atoms with Crippen molar-refractivity contribution >= 4 is 17.9 Å². The number of ether oxygens (including phenoxy) is 3. The molecule has 1 N–H and O–H groups in total. The van der Waals surface area contributed by atoms with Crippen molar-refractivity contribution in [1.82, 2.24) is 0 Å². The van der Waals surface area contributed by atoms with Crippen LogP contribution in [-0.2, 0) is 28.6 Å². The minimum absolute atomic E-state index is 0.0236. The van der Waals surface area contributed by atoms with E-state index in [1.165, 1.54) is 32.1 Å². The van der Waals surface area contributed by atoms with Crippen LogP contribution in [0.2, 0.25) is 0 Å². The van der Waals surface area contributed by atoms with E-state index in [4.69, 9.17) is 14.2 Å². The number of quaternary nitrogens is 1. The number of likely N-dealkylation sites (N-methyl/N-ethyl adjacent to an activating group) is 1. The Morgan fingerprint density at radius 2 is 0.984 bits per heavy atom. The molecule has 350 valence electrons. The monoisotopic (exact) mass is 863 g/mol. The summed E-state index contributed by atoms with van der Waals surface area (Å²) >= 11 is 0. The van der Waals surface area contributed by atoms with Gasteiger partial charge in [-0.15, -0.1) is 0 Å². The number of nitrogens with zero attached hydrogens (tertiary/aromatic N) is 1. The van der Waals surface area contributed by atoms with E-state index < -0.39 is 18.1 Å². The molecule has 0 aliphatic carbocycles. The van der Waals surface area contributed by atoms with Crippen molar-refractivity contribution in [3.05, 3.63) is 109 Å². The van der Waals surface area contributed by atoms with Crippen LogP contribution in [0.15, 0.2) is 109 Å². The number of unbranched alkanes of at least 4 members (excludes halogenated alkanes) is 11. The smallest absolute Gasteiger partial charge is 0.362 e. The van der Waals surface area contributed by atoms with Gasteiger partial charge in [-0.2, -0.15) is 0 Å². The van der Waals surface area contributed by atoms with Crippen LogP contribution in [0.4, 0.5) is 0 Å². The second-order valence-corrected chi connectivity index (χ2v) is 16.7. The van der Waals surface area contributed by atoms with Crippen molar-refractivity contribution in [2.75, 3.05) is 41.0 Å². The summed E-state index contributed by atoms with van der Waals surface area (Å²) in [5.74, 6) is -1.58. The molecule has 0 bridgehead atoms. The highest BCUT2D eigenvalue weighted by Crippen LogP contribution is 2.12. The third-order valence-corrected chi connectivity index (χ3v) is 9.97. The van der Waals surface area contributed by atoms with Gasteiger partial charge in [0.1, 0.15) is 6.61 Å². The molecule has 8 heteroatoms. The Morgan fingerprint density at radius 1 is 0.516 bits per heavy atom. The molecule has 0 aromatic heterocycles. The quantitative estimate of drug-likeness (QED) is 0.0215. The Morgan fingerprint density at radius 3 is 1.50 bits per heavy atom. The number of esters is 2. The van der Waals surface area contributed by atoms with Gasteiger partial charge in [0, 0.05) is 19.3 Å². The highest BCUT2D eigenvalue weighted by atomic mass is 16.6. The predicted molar refractivity (Wildman–Crippen MR) is 261 cm³/mol. The van der Waals surface area contributed by atoms with E-state index in [0.29, 0.717) is 19.3 Å². The van der Waals surface area contributed by atoms with E-state index in [1.807, 2.05) is 21.1 Å². The van der Waals surface area contributed by atoms with Crippen LogP contribution in [-0.4, -0.2) is 80.6 Å². The molecule has 0 aliphatic heterocycles. The van der Waals surface area contributed by atoms with Crippen molar-refractivity contribution in [3.8, 4) is 0 Å². The molecule has 0 saturated heterocycles. The molecule has 2 unspecified atom stereocenters. The number of carbonyl (C=O) groups excluding carboxylic acids is 2. The molecule has 0 spiro atoms. The van der Waals surface area contributed by atoms with Crippen LogP contribution in [0.5, 0.6) is 0 Å². The third kappa shape index (κ3) is 41.3. The Hall–Kier alpha value is -4.01. The summed E-state index contributed by atoms with van der Waals surface area (Å²) in [6.45, 7) is 4.50. The highest BCUT2D eigenvalue weighted by molar-refractivity contribution is 5.72. The lowest BCUT2D eigenvalue weighted by Gasteiger charge is -2.31. The first-order valence-electron chi connectivity index (χ1n) is 24.0. The minimum atomic E-state index is -0.892. The Bertz CT molecular complexity index is 1370. The first-order chi connectivity index (χ1) is 30.1. The topological polar surface area (TPSA) is 99.1 Å². The van der Waals surface area contributed by atoms with E-state index in [1.54, 1.807) is 0 Å². The molecule has 0 aromatic carbocycles. The molecule has 62 heavy (non-hydrogen) atoms. The van der Waals surface area contributed by atoms with Crippen molar-refractivity contribution < 1.29 is 38.2 Å². The summed E-state index contributed by atoms with van der Waals surface area (Å²) in [7, 11) is 5.49. The zero-order valence-electron chi connectivity index (χ0n) is 39.8. The largest absolute Gasteiger partial charge is 0.477 e. The minimum Gasteiger partial charge on any atom is -0.477 e. The molecule has 0 rings (SSSR count). The maximum Gasteiger partial charge on any atom is 0.362 e. The van der Waals surface area contributed by atoms with Crippen molar-refractivity contribution in [2.24, 2.45) is 0 Å². The van der Waals surface area contributed by atoms with Gasteiger partial charge in [0.05, 0.1) is 34.4 Å². The zero-order chi connectivity index (χ0) is 45.6. The normalized spacial score (nSPS) is 13.9. The number of hydrogen-bond acceptors (Lipinski definition) is 6. The van der Waals surface area contributed by atoms with E-state index in [-0.39, 0.29) is 42.7 Å². The molecule has 0 heterocycles. The second-order valence-electron chi connectivity index (χ2n) is 16.7. The number of carboxylic acids is 1. The lowest BCUT2D eigenvalue weighted by atomic mass is 10.1. The van der Waals surface area contributed by atoms with Crippen LogP contribution < -0.4 is 0 Å². The van der Waals surface area contributed by atoms with Crippen LogP contribution >= 0.6 is 0 Å². The van der Waals surface area contributed by atoms with Gasteiger partial charge in [-0.25, -0.2) is 4.79 Å². The Kier molecular flexibility index (Phi) is 40.8. The van der Waals surface area contributed by atoms with Crippen LogP contribution in [0.25, 0.3) is 0 Å². The second kappa shape index (κ2) is 43.6. The Balaban J connectivity index is 4.48. The van der Waals surface area contributed by atoms with Crippen molar-refractivity contribution in [1.29, 1.82) is 0 Å². The Labute approximate surface area is 378 Å². The van der Waals surface area contributed by atoms with Gasteiger partial charge in [0.25, 0.3) is 0 Å². The fourth-order valence-electron chi connectivity index (χ4n) is 6.28. The summed E-state index contributed by atoms with van der Waals surface area (Å²) in [5, 5.41) is 9.64. The molecule has 0 fully saturated rings. The number of carbonyl (C=O) groups is 3. The van der Waals surface area contributed by atoms with Gasteiger partial charge in [0.2, 0.25) is 0 Å². The molecule has 8 nitrogen and oxygen atoms in total.